The van der Waals surface area contributed by atoms with Crippen LogP contribution in [-0.2, 0) is 28.3 Å². The molecule has 4 nitrogen and oxygen atoms in total. The molecule has 1 atom stereocenters. The van der Waals surface area contributed by atoms with Crippen molar-refractivity contribution >= 4 is 58.4 Å². The summed E-state index contributed by atoms with van der Waals surface area (Å²) >= 11 is 20.3. The van der Waals surface area contributed by atoms with Crippen molar-refractivity contribution in [1.82, 2.24) is 10.2 Å². The van der Waals surface area contributed by atoms with Crippen LogP contribution in [0.25, 0.3) is 0 Å². The Balaban J connectivity index is 1.85. The summed E-state index contributed by atoms with van der Waals surface area (Å²) in [5, 5.41) is 4.76. The molecule has 1 N–H and O–H groups in total. The number of hydrogen-bond donors (Lipinski definition) is 1. The molecular formula is C29H31Cl3N2O2S. The van der Waals surface area contributed by atoms with Crippen LogP contribution in [0.5, 0.6) is 0 Å². The number of carbonyl (C=O) groups excluding carboxylic acids is 2. The first-order chi connectivity index (χ1) is 17.9. The molecular weight excluding hydrogens is 547 g/mol. The van der Waals surface area contributed by atoms with Gasteiger partial charge in [0.2, 0.25) is 11.8 Å². The number of amides is 2. The Labute approximate surface area is 238 Å². The fourth-order valence-corrected chi connectivity index (χ4v) is 5.75. The number of unbranched alkanes of at least 4 members (excludes halogenated alkanes) is 1. The van der Waals surface area contributed by atoms with Crippen molar-refractivity contribution in [3.63, 3.8) is 0 Å². The van der Waals surface area contributed by atoms with Gasteiger partial charge in [-0.15, -0.1) is 11.8 Å². The number of halogens is 3. The highest BCUT2D eigenvalue weighted by atomic mass is 35.5. The fourth-order valence-electron chi connectivity index (χ4n) is 3.89. The molecule has 0 heterocycles. The lowest BCUT2D eigenvalue weighted by Gasteiger charge is -2.31. The maximum atomic E-state index is 13.7. The zero-order valence-corrected chi connectivity index (χ0v) is 23.8. The Bertz CT molecular complexity index is 1160. The summed E-state index contributed by atoms with van der Waals surface area (Å²) in [6, 6.07) is 21.8. The standard InChI is InChI=1S/C29H31Cl3N2O2S/c1-2-3-15-33-29(36)27(17-21-9-5-4-6-10-21)34(18-22-11-7-12-23(30)16-22)28(35)20-37-19-24-25(31)13-8-14-26(24)32/h4-14,16,27H,2-3,15,17-20H2,1H3,(H,33,36). The van der Waals surface area contributed by atoms with Crippen LogP contribution >= 0.6 is 46.6 Å². The maximum Gasteiger partial charge on any atom is 0.243 e. The topological polar surface area (TPSA) is 49.4 Å². The van der Waals surface area contributed by atoms with E-state index < -0.39 is 6.04 Å². The predicted molar refractivity (Wildman–Crippen MR) is 156 cm³/mol. The van der Waals surface area contributed by atoms with E-state index in [9.17, 15) is 9.59 Å². The second-order valence-corrected chi connectivity index (χ2v) is 10.9. The van der Waals surface area contributed by atoms with E-state index in [-0.39, 0.29) is 24.1 Å². The van der Waals surface area contributed by atoms with Gasteiger partial charge in [0.15, 0.2) is 0 Å². The van der Waals surface area contributed by atoms with Crippen molar-refractivity contribution in [2.45, 2.75) is 44.5 Å². The van der Waals surface area contributed by atoms with Gasteiger partial charge in [-0.05, 0) is 47.4 Å². The lowest BCUT2D eigenvalue weighted by Crippen LogP contribution is -2.51. The van der Waals surface area contributed by atoms with Gasteiger partial charge in [0.1, 0.15) is 6.04 Å². The van der Waals surface area contributed by atoms with Crippen molar-refractivity contribution in [3.8, 4) is 0 Å². The Hall–Kier alpha value is -2.18. The third-order valence-corrected chi connectivity index (χ3v) is 7.76. The molecule has 196 valence electrons. The van der Waals surface area contributed by atoms with E-state index in [2.05, 4.69) is 12.2 Å². The molecule has 1 unspecified atom stereocenters. The average molecular weight is 578 g/mol. The van der Waals surface area contributed by atoms with Crippen molar-refractivity contribution in [2.24, 2.45) is 0 Å². The summed E-state index contributed by atoms with van der Waals surface area (Å²) in [5.74, 6) is 0.364. The van der Waals surface area contributed by atoms with E-state index in [1.807, 2.05) is 48.5 Å². The molecule has 0 saturated heterocycles. The minimum absolute atomic E-state index is 0.139. The predicted octanol–water partition coefficient (Wildman–Crippen LogP) is 7.44. The second kappa shape index (κ2) is 15.3. The number of hydrogen-bond acceptors (Lipinski definition) is 3. The van der Waals surface area contributed by atoms with Crippen molar-refractivity contribution in [1.29, 1.82) is 0 Å². The van der Waals surface area contributed by atoms with Crippen LogP contribution < -0.4 is 5.32 Å². The lowest BCUT2D eigenvalue weighted by molar-refractivity contribution is -0.139. The van der Waals surface area contributed by atoms with Crippen LogP contribution in [0.2, 0.25) is 15.1 Å². The Morgan fingerprint density at radius 3 is 2.27 bits per heavy atom. The molecule has 0 aromatic heterocycles. The smallest absolute Gasteiger partial charge is 0.243 e. The van der Waals surface area contributed by atoms with E-state index in [0.717, 1.165) is 29.5 Å². The molecule has 3 rings (SSSR count). The SMILES string of the molecule is CCCCNC(=O)C(Cc1ccccc1)N(Cc1cccc(Cl)c1)C(=O)CSCc1c(Cl)cccc1Cl. The number of rotatable bonds is 13. The molecule has 3 aromatic carbocycles. The minimum Gasteiger partial charge on any atom is -0.354 e. The third-order valence-electron chi connectivity index (χ3n) is 5.88. The summed E-state index contributed by atoms with van der Waals surface area (Å²) in [4.78, 5) is 28.8. The van der Waals surface area contributed by atoms with Gasteiger partial charge in [-0.25, -0.2) is 0 Å². The number of carbonyl (C=O) groups is 2. The van der Waals surface area contributed by atoms with Crippen LogP contribution in [0.15, 0.2) is 72.8 Å². The number of benzene rings is 3. The van der Waals surface area contributed by atoms with Gasteiger partial charge < -0.3 is 10.2 Å². The van der Waals surface area contributed by atoms with Crippen LogP contribution in [0.4, 0.5) is 0 Å². The van der Waals surface area contributed by atoms with Crippen LogP contribution in [0.1, 0.15) is 36.5 Å². The molecule has 0 aliphatic carbocycles. The van der Waals surface area contributed by atoms with Gasteiger partial charge in [0.05, 0.1) is 5.75 Å². The van der Waals surface area contributed by atoms with Gasteiger partial charge in [-0.3, -0.25) is 9.59 Å². The van der Waals surface area contributed by atoms with E-state index in [1.54, 1.807) is 29.2 Å². The molecule has 0 spiro atoms. The molecule has 0 fully saturated rings. The zero-order chi connectivity index (χ0) is 26.6. The quantitative estimate of drug-likeness (QED) is 0.215. The highest BCUT2D eigenvalue weighted by Crippen LogP contribution is 2.28. The summed E-state index contributed by atoms with van der Waals surface area (Å²) in [6.45, 7) is 2.91. The fraction of sp³-hybridized carbons (Fsp3) is 0.310. The van der Waals surface area contributed by atoms with E-state index in [1.165, 1.54) is 11.8 Å². The van der Waals surface area contributed by atoms with Gasteiger partial charge in [0, 0.05) is 40.3 Å². The normalized spacial score (nSPS) is 11.7. The van der Waals surface area contributed by atoms with Gasteiger partial charge >= 0.3 is 0 Å². The largest absolute Gasteiger partial charge is 0.354 e. The monoisotopic (exact) mass is 576 g/mol. The van der Waals surface area contributed by atoms with Crippen molar-refractivity contribution < 1.29 is 9.59 Å². The molecule has 0 saturated carbocycles. The lowest BCUT2D eigenvalue weighted by atomic mass is 10.0. The van der Waals surface area contributed by atoms with Gasteiger partial charge in [-0.1, -0.05) is 96.7 Å². The Morgan fingerprint density at radius 1 is 0.919 bits per heavy atom. The van der Waals surface area contributed by atoms with Gasteiger partial charge in [0.25, 0.3) is 0 Å². The van der Waals surface area contributed by atoms with E-state index in [0.29, 0.717) is 33.8 Å². The molecule has 3 aromatic rings. The average Bonchev–Trinajstić information content (AvgIpc) is 2.88. The first-order valence-electron chi connectivity index (χ1n) is 12.2. The van der Waals surface area contributed by atoms with Crippen LogP contribution in [0, 0.1) is 0 Å². The summed E-state index contributed by atoms with van der Waals surface area (Å²) in [5.41, 5.74) is 2.64. The molecule has 8 heteroatoms. The summed E-state index contributed by atoms with van der Waals surface area (Å²) in [6.07, 6.45) is 2.25. The third kappa shape index (κ3) is 9.26. The number of nitrogens with one attached hydrogen (secondary N) is 1. The molecule has 0 bridgehead atoms. The van der Waals surface area contributed by atoms with Gasteiger partial charge in [-0.2, -0.15) is 0 Å². The number of nitrogens with zero attached hydrogens (tertiary/aromatic N) is 1. The molecule has 0 radical (unpaired) electrons. The first-order valence-corrected chi connectivity index (χ1v) is 14.5. The molecule has 2 amide bonds. The first kappa shape index (κ1) is 29.4. The van der Waals surface area contributed by atoms with Crippen LogP contribution in [-0.4, -0.2) is 35.1 Å². The molecule has 0 aliphatic rings. The maximum absolute atomic E-state index is 13.7. The Morgan fingerprint density at radius 2 is 1.59 bits per heavy atom. The molecule has 0 aliphatic heterocycles. The minimum atomic E-state index is -0.671. The van der Waals surface area contributed by atoms with E-state index in [4.69, 9.17) is 34.8 Å². The second-order valence-electron chi connectivity index (χ2n) is 8.69. The van der Waals surface area contributed by atoms with Crippen molar-refractivity contribution in [2.75, 3.05) is 12.3 Å². The van der Waals surface area contributed by atoms with Crippen LogP contribution in [0.3, 0.4) is 0 Å². The Kier molecular flexibility index (Phi) is 12.1. The zero-order valence-electron chi connectivity index (χ0n) is 20.8. The highest BCUT2D eigenvalue weighted by molar-refractivity contribution is 7.99. The highest BCUT2D eigenvalue weighted by Gasteiger charge is 2.30. The van der Waals surface area contributed by atoms with Crippen molar-refractivity contribution in [3.05, 3.63) is 105 Å². The number of thioether (sulfide) groups is 1. The summed E-state index contributed by atoms with van der Waals surface area (Å²) in [7, 11) is 0. The van der Waals surface area contributed by atoms with E-state index >= 15 is 0 Å². The summed E-state index contributed by atoms with van der Waals surface area (Å²) < 4.78 is 0. The molecule has 37 heavy (non-hydrogen) atoms.